The van der Waals surface area contributed by atoms with Crippen LogP contribution in [-0.2, 0) is 23.2 Å². The fourth-order valence-corrected chi connectivity index (χ4v) is 5.91. The van der Waals surface area contributed by atoms with Crippen LogP contribution in [0.25, 0.3) is 0 Å². The molecule has 2 aliphatic rings. The summed E-state index contributed by atoms with van der Waals surface area (Å²) in [6.07, 6.45) is 1.95. The number of benzene rings is 2. The summed E-state index contributed by atoms with van der Waals surface area (Å²) < 4.78 is 33.9. The van der Waals surface area contributed by atoms with Gasteiger partial charge in [0.15, 0.2) is 0 Å². The van der Waals surface area contributed by atoms with E-state index in [0.29, 0.717) is 6.04 Å². The highest BCUT2D eigenvalue weighted by atomic mass is 35.5. The molecule has 1 aliphatic heterocycles. The predicted molar refractivity (Wildman–Crippen MR) is 141 cm³/mol. The lowest BCUT2D eigenvalue weighted by molar-refractivity contribution is -0.0651. The summed E-state index contributed by atoms with van der Waals surface area (Å²) in [5, 5.41) is 3.56. The summed E-state index contributed by atoms with van der Waals surface area (Å²) in [6.45, 7) is 14.0. The Bertz CT molecular complexity index is 967. The van der Waals surface area contributed by atoms with Gasteiger partial charge in [-0.3, -0.25) is 4.90 Å². The van der Waals surface area contributed by atoms with E-state index >= 15 is 0 Å². The van der Waals surface area contributed by atoms with Crippen molar-refractivity contribution in [2.75, 3.05) is 25.0 Å². The first-order chi connectivity index (χ1) is 15.2. The second kappa shape index (κ2) is 11.1. The molecule has 0 aromatic heterocycles. The maximum Gasteiger partial charge on any atom is 0.131 e. The van der Waals surface area contributed by atoms with Crippen molar-refractivity contribution in [1.29, 1.82) is 0 Å². The highest BCUT2D eigenvalue weighted by Gasteiger charge is 2.56. The van der Waals surface area contributed by atoms with Crippen LogP contribution >= 0.6 is 24.8 Å². The molecule has 3 atom stereocenters. The standard InChI is InChI=1S/C27H36F2N2O.2ClH/c1-6-30-24-12-7-9-21-19(24)15-25-26(3,4)27(21,5)13-14-31(25)16-18(2)32-17-20-22(28)10-8-11-23(20)29;;/h7-12,18,25,30H,6,13-17H2,1-5H3;2*1H. The number of hydrogen-bond acceptors (Lipinski definition) is 3. The molecule has 2 aromatic carbocycles. The first-order valence-corrected chi connectivity index (χ1v) is 11.8. The zero-order valence-electron chi connectivity index (χ0n) is 20.8. The van der Waals surface area contributed by atoms with Crippen molar-refractivity contribution >= 4 is 30.5 Å². The lowest BCUT2D eigenvalue weighted by Gasteiger charge is -2.61. The summed E-state index contributed by atoms with van der Waals surface area (Å²) >= 11 is 0. The Kier molecular flexibility index (Phi) is 9.42. The average molecular weight is 516 g/mol. The Morgan fingerprint density at radius 1 is 1.09 bits per heavy atom. The number of fused-ring (bicyclic) bond motifs is 4. The normalized spacial score (nSPS) is 23.8. The van der Waals surface area contributed by atoms with Gasteiger partial charge in [0, 0.05) is 35.8 Å². The molecule has 0 spiro atoms. The van der Waals surface area contributed by atoms with Crippen LogP contribution in [0.2, 0.25) is 0 Å². The molecule has 0 saturated carbocycles. The molecular formula is C27H38Cl2F2N2O. The van der Waals surface area contributed by atoms with Crippen molar-refractivity contribution in [3.63, 3.8) is 0 Å². The number of rotatable bonds is 7. The second-order valence-electron chi connectivity index (χ2n) is 10.2. The highest BCUT2D eigenvalue weighted by molar-refractivity contribution is 5.85. The first kappa shape index (κ1) is 28.8. The van der Waals surface area contributed by atoms with Gasteiger partial charge in [-0.15, -0.1) is 24.8 Å². The molecular weight excluding hydrogens is 477 g/mol. The van der Waals surface area contributed by atoms with Gasteiger partial charge in [-0.05, 0) is 68.0 Å². The summed E-state index contributed by atoms with van der Waals surface area (Å²) in [4.78, 5) is 2.54. The Labute approximate surface area is 215 Å². The maximum atomic E-state index is 14.0. The molecule has 3 nitrogen and oxygen atoms in total. The van der Waals surface area contributed by atoms with Crippen molar-refractivity contribution < 1.29 is 13.5 Å². The van der Waals surface area contributed by atoms with E-state index in [9.17, 15) is 8.78 Å². The minimum atomic E-state index is -0.549. The maximum absolute atomic E-state index is 14.0. The van der Waals surface area contributed by atoms with Gasteiger partial charge < -0.3 is 10.1 Å². The fraction of sp³-hybridized carbons (Fsp3) is 0.556. The molecule has 3 unspecified atom stereocenters. The van der Waals surface area contributed by atoms with Gasteiger partial charge in [0.05, 0.1) is 12.7 Å². The topological polar surface area (TPSA) is 24.5 Å². The second-order valence-corrected chi connectivity index (χ2v) is 10.2. The molecule has 0 amide bonds. The van der Waals surface area contributed by atoms with E-state index in [4.69, 9.17) is 4.74 Å². The summed E-state index contributed by atoms with van der Waals surface area (Å²) in [5.41, 5.74) is 4.38. The van der Waals surface area contributed by atoms with Gasteiger partial charge in [-0.1, -0.05) is 39.0 Å². The lowest BCUT2D eigenvalue weighted by Crippen LogP contribution is -2.64. The lowest BCUT2D eigenvalue weighted by atomic mass is 9.51. The van der Waals surface area contributed by atoms with Gasteiger partial charge in [-0.2, -0.15) is 0 Å². The van der Waals surface area contributed by atoms with Crippen LogP contribution in [0.4, 0.5) is 14.5 Å². The Morgan fingerprint density at radius 3 is 2.38 bits per heavy atom. The summed E-state index contributed by atoms with van der Waals surface area (Å²) in [7, 11) is 0. The third kappa shape index (κ3) is 4.95. The molecule has 7 heteroatoms. The first-order valence-electron chi connectivity index (χ1n) is 11.8. The van der Waals surface area contributed by atoms with Crippen LogP contribution in [0.15, 0.2) is 36.4 Å². The number of piperidine rings is 1. The van der Waals surface area contributed by atoms with E-state index in [1.165, 1.54) is 35.0 Å². The van der Waals surface area contributed by atoms with E-state index < -0.39 is 11.6 Å². The smallest absolute Gasteiger partial charge is 0.131 e. The van der Waals surface area contributed by atoms with Gasteiger partial charge >= 0.3 is 0 Å². The number of hydrogen-bond donors (Lipinski definition) is 1. The van der Waals surface area contributed by atoms with Crippen molar-refractivity contribution in [1.82, 2.24) is 4.90 Å². The van der Waals surface area contributed by atoms with E-state index in [1.807, 2.05) is 6.92 Å². The summed E-state index contributed by atoms with van der Waals surface area (Å²) in [5.74, 6) is -1.10. The molecule has 1 saturated heterocycles. The van der Waals surface area contributed by atoms with E-state index in [1.54, 1.807) is 0 Å². The zero-order chi connectivity index (χ0) is 23.1. The molecule has 0 radical (unpaired) electrons. The predicted octanol–water partition coefficient (Wildman–Crippen LogP) is 6.76. The molecule has 1 heterocycles. The Hall–Kier alpha value is -1.40. The van der Waals surface area contributed by atoms with Crippen LogP contribution in [0, 0.1) is 17.0 Å². The van der Waals surface area contributed by atoms with Gasteiger partial charge in [-0.25, -0.2) is 8.78 Å². The number of ether oxygens (including phenoxy) is 1. The van der Waals surface area contributed by atoms with E-state index in [-0.39, 0.29) is 53.9 Å². The molecule has 1 fully saturated rings. The van der Waals surface area contributed by atoms with E-state index in [0.717, 1.165) is 32.5 Å². The molecule has 1 N–H and O–H groups in total. The number of likely N-dealkylation sites (tertiary alicyclic amines) is 1. The third-order valence-electron chi connectivity index (χ3n) is 8.20. The van der Waals surface area contributed by atoms with Crippen LogP contribution in [0.1, 0.15) is 57.7 Å². The molecule has 4 rings (SSSR count). The van der Waals surface area contributed by atoms with Crippen LogP contribution in [0.3, 0.4) is 0 Å². The van der Waals surface area contributed by atoms with Crippen LogP contribution < -0.4 is 5.32 Å². The van der Waals surface area contributed by atoms with Gasteiger partial charge in [0.1, 0.15) is 11.6 Å². The van der Waals surface area contributed by atoms with Crippen molar-refractivity contribution in [2.24, 2.45) is 5.41 Å². The zero-order valence-corrected chi connectivity index (χ0v) is 22.4. The molecule has 34 heavy (non-hydrogen) atoms. The Morgan fingerprint density at radius 2 is 1.74 bits per heavy atom. The van der Waals surface area contributed by atoms with Crippen molar-refractivity contribution in [2.45, 2.75) is 71.6 Å². The molecule has 2 bridgehead atoms. The molecule has 1 aliphatic carbocycles. The quantitative estimate of drug-likeness (QED) is 0.441. The van der Waals surface area contributed by atoms with Crippen molar-refractivity contribution in [3.8, 4) is 0 Å². The van der Waals surface area contributed by atoms with Crippen LogP contribution in [0.5, 0.6) is 0 Å². The van der Waals surface area contributed by atoms with Crippen molar-refractivity contribution in [3.05, 3.63) is 64.7 Å². The Balaban J connectivity index is 0.00000204. The minimum absolute atomic E-state index is 0. The number of nitrogens with one attached hydrogen (secondary N) is 1. The summed E-state index contributed by atoms with van der Waals surface area (Å²) in [6, 6.07) is 11.0. The third-order valence-corrected chi connectivity index (χ3v) is 8.20. The van der Waals surface area contributed by atoms with Gasteiger partial charge in [0.25, 0.3) is 0 Å². The van der Waals surface area contributed by atoms with E-state index in [2.05, 4.69) is 56.1 Å². The SMILES string of the molecule is CCNc1cccc2c1CC1N(CC(C)OCc3c(F)cccc3F)CCC2(C)C1(C)C.Cl.Cl. The number of nitrogens with zero attached hydrogens (tertiary/aromatic N) is 1. The molecule has 2 aromatic rings. The van der Waals surface area contributed by atoms with Crippen LogP contribution in [-0.4, -0.2) is 36.7 Å². The molecule has 190 valence electrons. The van der Waals surface area contributed by atoms with Gasteiger partial charge in [0.2, 0.25) is 0 Å². The number of anilines is 1. The largest absolute Gasteiger partial charge is 0.385 e. The monoisotopic (exact) mass is 514 g/mol. The number of halogens is 4. The minimum Gasteiger partial charge on any atom is -0.385 e. The highest BCUT2D eigenvalue weighted by Crippen LogP contribution is 2.57. The average Bonchev–Trinajstić information content (AvgIpc) is 2.73. The fourth-order valence-electron chi connectivity index (χ4n) is 5.91.